The Morgan fingerprint density at radius 2 is 1.84 bits per heavy atom. The number of aromatic amines is 1. The summed E-state index contributed by atoms with van der Waals surface area (Å²) in [6.07, 6.45) is 2.77. The number of hydrogen-bond donors (Lipinski definition) is 2. The van der Waals surface area contributed by atoms with Crippen molar-refractivity contribution in [3.8, 4) is 0 Å². The van der Waals surface area contributed by atoms with Crippen LogP contribution in [-0.2, 0) is 4.79 Å². The van der Waals surface area contributed by atoms with Crippen molar-refractivity contribution in [2.45, 2.75) is 0 Å². The first kappa shape index (κ1) is 16.1. The van der Waals surface area contributed by atoms with E-state index in [2.05, 4.69) is 15.5 Å². The number of nitro groups is 1. The number of rotatable bonds is 5. The summed E-state index contributed by atoms with van der Waals surface area (Å²) in [6.45, 7) is 0. The van der Waals surface area contributed by atoms with Gasteiger partial charge < -0.3 is 4.98 Å². The van der Waals surface area contributed by atoms with Crippen molar-refractivity contribution in [3.63, 3.8) is 0 Å². The number of amides is 1. The minimum absolute atomic E-state index is 0.0456. The van der Waals surface area contributed by atoms with Crippen molar-refractivity contribution < 1.29 is 14.5 Å². The van der Waals surface area contributed by atoms with Crippen LogP contribution >= 0.6 is 0 Å². The number of carbonyl (C=O) groups is 2. The fraction of sp³-hybridized carbons (Fsp3) is 0. The maximum atomic E-state index is 12.2. The second-order valence-corrected chi connectivity index (χ2v) is 5.12. The van der Waals surface area contributed by atoms with Crippen molar-refractivity contribution in [2.75, 3.05) is 0 Å². The second-order valence-electron chi connectivity index (χ2n) is 5.12. The molecule has 0 aliphatic carbocycles. The maximum absolute atomic E-state index is 12.2. The van der Waals surface area contributed by atoms with Gasteiger partial charge in [0.25, 0.3) is 11.5 Å². The number of non-ortho nitro benzene ring substituents is 1. The van der Waals surface area contributed by atoms with E-state index >= 15 is 0 Å². The normalized spacial score (nSPS) is 10.9. The Morgan fingerprint density at radius 1 is 1.12 bits per heavy atom. The number of Topliss-reactive ketones (excluding diaryl/α,β-unsaturated/α-hetero) is 1. The van der Waals surface area contributed by atoms with Crippen molar-refractivity contribution in [1.82, 2.24) is 10.4 Å². The molecule has 1 amide bonds. The monoisotopic (exact) mass is 336 g/mol. The molecule has 25 heavy (non-hydrogen) atoms. The molecule has 0 aliphatic heterocycles. The topological polar surface area (TPSA) is 117 Å². The highest BCUT2D eigenvalue weighted by Gasteiger charge is 2.19. The molecule has 1 heterocycles. The predicted molar refractivity (Wildman–Crippen MR) is 91.5 cm³/mol. The summed E-state index contributed by atoms with van der Waals surface area (Å²) in [5.74, 6) is -1.58. The van der Waals surface area contributed by atoms with Crippen molar-refractivity contribution in [3.05, 3.63) is 76.0 Å². The molecule has 1 aromatic heterocycles. The first-order chi connectivity index (χ1) is 12.1. The average molecular weight is 336 g/mol. The van der Waals surface area contributed by atoms with Crippen LogP contribution in [0.3, 0.4) is 0 Å². The number of nitrogens with one attached hydrogen (secondary N) is 2. The van der Waals surface area contributed by atoms with E-state index in [1.807, 2.05) is 6.07 Å². The molecule has 0 fully saturated rings. The van der Waals surface area contributed by atoms with Gasteiger partial charge in [-0.1, -0.05) is 18.2 Å². The zero-order valence-corrected chi connectivity index (χ0v) is 12.8. The summed E-state index contributed by atoms with van der Waals surface area (Å²) in [6, 6.07) is 12.7. The summed E-state index contributed by atoms with van der Waals surface area (Å²) in [7, 11) is 0. The number of hydrogen-bond acceptors (Lipinski definition) is 5. The van der Waals surface area contributed by atoms with Crippen LogP contribution in [0.4, 0.5) is 5.69 Å². The largest absolute Gasteiger partial charge is 0.360 e. The molecule has 3 rings (SSSR count). The minimum Gasteiger partial charge on any atom is -0.360 e. The Bertz CT molecular complexity index is 989. The van der Waals surface area contributed by atoms with Gasteiger partial charge in [-0.2, -0.15) is 5.10 Å². The molecule has 0 unspecified atom stereocenters. The van der Waals surface area contributed by atoms with Gasteiger partial charge >= 0.3 is 5.91 Å². The van der Waals surface area contributed by atoms with Gasteiger partial charge in [-0.25, -0.2) is 5.43 Å². The lowest BCUT2D eigenvalue weighted by Crippen LogP contribution is -2.27. The highest BCUT2D eigenvalue weighted by Crippen LogP contribution is 2.18. The third-order valence-corrected chi connectivity index (χ3v) is 3.52. The lowest BCUT2D eigenvalue weighted by atomic mass is 10.1. The molecule has 0 atom stereocenters. The molecule has 0 saturated carbocycles. The number of nitrogens with zero attached hydrogens (tertiary/aromatic N) is 2. The molecule has 3 aromatic rings. The van der Waals surface area contributed by atoms with Gasteiger partial charge in [0.15, 0.2) is 0 Å². The van der Waals surface area contributed by atoms with Crippen LogP contribution in [-0.4, -0.2) is 27.8 Å². The zero-order valence-electron chi connectivity index (χ0n) is 12.8. The molecular formula is C17H12N4O4. The molecule has 8 nitrogen and oxygen atoms in total. The summed E-state index contributed by atoms with van der Waals surface area (Å²) < 4.78 is 0. The Labute approximate surface area is 141 Å². The molecule has 0 aliphatic rings. The molecule has 2 N–H and O–H groups in total. The van der Waals surface area contributed by atoms with Gasteiger partial charge in [0, 0.05) is 29.2 Å². The Balaban J connectivity index is 1.67. The fourth-order valence-electron chi connectivity index (χ4n) is 2.28. The number of benzene rings is 2. The highest BCUT2D eigenvalue weighted by molar-refractivity contribution is 6.44. The van der Waals surface area contributed by atoms with E-state index in [1.165, 1.54) is 36.7 Å². The number of aromatic nitrogens is 1. The van der Waals surface area contributed by atoms with E-state index in [4.69, 9.17) is 0 Å². The van der Waals surface area contributed by atoms with E-state index in [9.17, 15) is 19.7 Å². The van der Waals surface area contributed by atoms with Crippen LogP contribution in [0.5, 0.6) is 0 Å². The summed E-state index contributed by atoms with van der Waals surface area (Å²) in [4.78, 5) is 37.1. The van der Waals surface area contributed by atoms with Gasteiger partial charge in [0.2, 0.25) is 0 Å². The van der Waals surface area contributed by atoms with Crippen LogP contribution in [0.15, 0.2) is 59.8 Å². The number of fused-ring (bicyclic) bond motifs is 1. The maximum Gasteiger partial charge on any atom is 0.312 e. The minimum atomic E-state index is -0.872. The Kier molecular flexibility index (Phi) is 4.34. The molecule has 0 bridgehead atoms. The Hall–Kier alpha value is -3.81. The number of ketones is 1. The number of para-hydroxylation sites is 1. The quantitative estimate of drug-likeness (QED) is 0.244. The highest BCUT2D eigenvalue weighted by atomic mass is 16.6. The van der Waals surface area contributed by atoms with Gasteiger partial charge in [-0.3, -0.25) is 19.7 Å². The number of carbonyl (C=O) groups excluding carboxylic acids is 2. The molecule has 8 heteroatoms. The van der Waals surface area contributed by atoms with E-state index in [0.717, 1.165) is 5.52 Å². The van der Waals surface area contributed by atoms with Crippen LogP contribution in [0.1, 0.15) is 15.9 Å². The van der Waals surface area contributed by atoms with Crippen LogP contribution in [0, 0.1) is 10.1 Å². The average Bonchev–Trinajstić information content (AvgIpc) is 3.05. The van der Waals surface area contributed by atoms with E-state index in [-0.39, 0.29) is 11.3 Å². The first-order valence-electron chi connectivity index (χ1n) is 7.24. The fourth-order valence-corrected chi connectivity index (χ4v) is 2.28. The first-order valence-corrected chi connectivity index (χ1v) is 7.24. The van der Waals surface area contributed by atoms with Gasteiger partial charge in [0.1, 0.15) is 0 Å². The van der Waals surface area contributed by atoms with E-state index in [0.29, 0.717) is 10.9 Å². The summed E-state index contributed by atoms with van der Waals surface area (Å²) in [5.41, 5.74) is 3.68. The SMILES string of the molecule is O=C(N/N=C/c1ccc([N+](=O)[O-])cc1)C(=O)c1c[nH]c2ccccc12. The third kappa shape index (κ3) is 3.42. The Morgan fingerprint density at radius 3 is 2.56 bits per heavy atom. The molecule has 124 valence electrons. The lowest BCUT2D eigenvalue weighted by molar-refractivity contribution is -0.384. The van der Waals surface area contributed by atoms with Gasteiger partial charge in [-0.05, 0) is 23.8 Å². The van der Waals surface area contributed by atoms with Crippen molar-refractivity contribution in [1.29, 1.82) is 0 Å². The third-order valence-electron chi connectivity index (χ3n) is 3.52. The standard InChI is InChI=1S/C17H12N4O4/c22-16(14-10-18-15-4-2-1-3-13(14)15)17(23)20-19-9-11-5-7-12(8-6-11)21(24)25/h1-10,18H,(H,20,23)/b19-9+. The van der Waals surface area contributed by atoms with Gasteiger partial charge in [-0.15, -0.1) is 0 Å². The van der Waals surface area contributed by atoms with E-state index < -0.39 is 16.6 Å². The molecule has 0 spiro atoms. The van der Waals surface area contributed by atoms with Crippen LogP contribution in [0.25, 0.3) is 10.9 Å². The smallest absolute Gasteiger partial charge is 0.312 e. The lowest BCUT2D eigenvalue weighted by Gasteiger charge is -1.98. The van der Waals surface area contributed by atoms with E-state index in [1.54, 1.807) is 18.2 Å². The zero-order chi connectivity index (χ0) is 17.8. The van der Waals surface area contributed by atoms with Crippen LogP contribution in [0.2, 0.25) is 0 Å². The predicted octanol–water partition coefficient (Wildman–Crippen LogP) is 2.41. The molecular weight excluding hydrogens is 324 g/mol. The number of nitro benzene ring substituents is 1. The second kappa shape index (κ2) is 6.75. The van der Waals surface area contributed by atoms with Crippen LogP contribution < -0.4 is 5.43 Å². The number of hydrazone groups is 1. The molecule has 2 aromatic carbocycles. The van der Waals surface area contributed by atoms with Crippen molar-refractivity contribution in [2.24, 2.45) is 5.10 Å². The summed E-state index contributed by atoms with van der Waals surface area (Å²) >= 11 is 0. The molecule has 0 radical (unpaired) electrons. The summed E-state index contributed by atoms with van der Waals surface area (Å²) in [5, 5.41) is 14.9. The van der Waals surface area contributed by atoms with Gasteiger partial charge in [0.05, 0.1) is 16.7 Å². The number of H-pyrrole nitrogens is 1. The van der Waals surface area contributed by atoms with Crippen molar-refractivity contribution >= 4 is 34.5 Å². The molecule has 0 saturated heterocycles.